The molecule has 0 aromatic carbocycles. The molecule has 0 atom stereocenters. The summed E-state index contributed by atoms with van der Waals surface area (Å²) in [6.45, 7) is 6.25. The quantitative estimate of drug-likeness (QED) is 0.473. The summed E-state index contributed by atoms with van der Waals surface area (Å²) in [6, 6.07) is 0. The van der Waals surface area contributed by atoms with Crippen molar-refractivity contribution in [2.45, 2.75) is 20.8 Å². The smallest absolute Gasteiger partial charge is 0.0903 e. The highest BCUT2D eigenvalue weighted by Crippen LogP contribution is 2.27. The van der Waals surface area contributed by atoms with Crippen molar-refractivity contribution < 1.29 is 0 Å². The average molecular weight is 124 g/mol. The van der Waals surface area contributed by atoms with Gasteiger partial charge in [-0.1, -0.05) is 20.8 Å². The molecule has 0 aromatic rings. The molecule has 1 radical (unpaired) electrons. The van der Waals surface area contributed by atoms with Gasteiger partial charge in [0.2, 0.25) is 0 Å². The highest BCUT2D eigenvalue weighted by atomic mass is 15.4. The van der Waals surface area contributed by atoms with Gasteiger partial charge in [-0.05, 0) is 5.22 Å². The van der Waals surface area contributed by atoms with E-state index in [1.54, 1.807) is 6.20 Å². The minimum atomic E-state index is 0.0868. The summed E-state index contributed by atoms with van der Waals surface area (Å²) >= 11 is 0. The number of hydrogen-bond acceptors (Lipinski definition) is 2. The maximum absolute atomic E-state index is 3.83. The van der Waals surface area contributed by atoms with Gasteiger partial charge in [-0.15, -0.1) is 10.5 Å². The minimum absolute atomic E-state index is 0.0868. The van der Waals surface area contributed by atoms with Crippen LogP contribution in [0.15, 0.2) is 22.2 Å². The van der Waals surface area contributed by atoms with E-state index in [1.165, 1.54) is 0 Å². The SMILES string of the molecule is CC(C)(C)C1=C[N]N=N1. The fourth-order valence-corrected chi connectivity index (χ4v) is 0.524. The van der Waals surface area contributed by atoms with Crippen molar-refractivity contribution >= 4 is 0 Å². The normalized spacial score (nSPS) is 17.4. The minimum Gasteiger partial charge on any atom is -0.137 e. The third kappa shape index (κ3) is 1.28. The monoisotopic (exact) mass is 124 g/mol. The molecule has 0 N–H and O–H groups in total. The summed E-state index contributed by atoms with van der Waals surface area (Å²) in [5, 5.41) is 7.32. The first kappa shape index (κ1) is 6.26. The van der Waals surface area contributed by atoms with E-state index in [1.807, 2.05) is 0 Å². The Morgan fingerprint density at radius 1 is 1.33 bits per heavy atom. The number of rotatable bonds is 0. The molecule has 1 heterocycles. The Balaban J connectivity index is 2.73. The zero-order chi connectivity index (χ0) is 6.91. The Labute approximate surface area is 54.8 Å². The lowest BCUT2D eigenvalue weighted by Crippen LogP contribution is -2.05. The van der Waals surface area contributed by atoms with Crippen LogP contribution in [0.5, 0.6) is 0 Å². The Hall–Kier alpha value is -0.860. The fourth-order valence-electron chi connectivity index (χ4n) is 0.524. The molecule has 0 fully saturated rings. The maximum atomic E-state index is 3.83. The molecule has 1 rings (SSSR count). The van der Waals surface area contributed by atoms with Crippen LogP contribution in [-0.4, -0.2) is 0 Å². The first-order valence-corrected chi connectivity index (χ1v) is 2.92. The van der Waals surface area contributed by atoms with Crippen molar-refractivity contribution in [3.05, 3.63) is 11.9 Å². The van der Waals surface area contributed by atoms with Gasteiger partial charge in [0.05, 0.1) is 11.9 Å². The second kappa shape index (κ2) is 1.83. The van der Waals surface area contributed by atoms with Crippen molar-refractivity contribution in [3.8, 4) is 0 Å². The summed E-state index contributed by atoms with van der Waals surface area (Å²) in [5.74, 6) is 0. The fraction of sp³-hybridized carbons (Fsp3) is 0.667. The molecule has 1 aliphatic rings. The molecule has 0 saturated heterocycles. The molecule has 0 saturated carbocycles. The zero-order valence-electron chi connectivity index (χ0n) is 5.92. The number of hydrogen-bond donors (Lipinski definition) is 0. The summed E-state index contributed by atoms with van der Waals surface area (Å²) in [4.78, 5) is 0. The van der Waals surface area contributed by atoms with Crippen LogP contribution in [0.2, 0.25) is 0 Å². The van der Waals surface area contributed by atoms with Crippen molar-refractivity contribution in [3.63, 3.8) is 0 Å². The molecule has 0 unspecified atom stereocenters. The van der Waals surface area contributed by atoms with Gasteiger partial charge in [0.25, 0.3) is 0 Å². The molecule has 0 aliphatic carbocycles. The van der Waals surface area contributed by atoms with Crippen LogP contribution in [-0.2, 0) is 0 Å². The van der Waals surface area contributed by atoms with Crippen LogP contribution >= 0.6 is 0 Å². The third-order valence-electron chi connectivity index (χ3n) is 1.15. The lowest BCUT2D eigenvalue weighted by Gasteiger charge is -2.14. The Morgan fingerprint density at radius 2 is 2.00 bits per heavy atom. The predicted molar refractivity (Wildman–Crippen MR) is 34.5 cm³/mol. The number of nitrogens with zero attached hydrogens (tertiary/aromatic N) is 3. The van der Waals surface area contributed by atoms with E-state index in [0.717, 1.165) is 5.70 Å². The molecule has 9 heavy (non-hydrogen) atoms. The van der Waals surface area contributed by atoms with Crippen molar-refractivity contribution in [2.75, 3.05) is 0 Å². The van der Waals surface area contributed by atoms with E-state index in [2.05, 4.69) is 36.5 Å². The molecule has 0 bridgehead atoms. The molecule has 1 aliphatic heterocycles. The van der Waals surface area contributed by atoms with Crippen molar-refractivity contribution in [2.24, 2.45) is 15.8 Å². The number of allylic oxidation sites excluding steroid dienone is 1. The molecular weight excluding hydrogens is 114 g/mol. The summed E-state index contributed by atoms with van der Waals surface area (Å²) in [5.41, 5.74) is 4.66. The van der Waals surface area contributed by atoms with Crippen LogP contribution in [0.1, 0.15) is 20.8 Å². The van der Waals surface area contributed by atoms with Gasteiger partial charge < -0.3 is 0 Å². The summed E-state index contributed by atoms with van der Waals surface area (Å²) in [7, 11) is 0. The molecular formula is C6H10N3. The second-order valence-electron chi connectivity index (χ2n) is 3.07. The zero-order valence-corrected chi connectivity index (χ0v) is 5.92. The molecule has 3 nitrogen and oxygen atoms in total. The van der Waals surface area contributed by atoms with Crippen molar-refractivity contribution in [1.82, 2.24) is 5.43 Å². The summed E-state index contributed by atoms with van der Waals surface area (Å²) in [6.07, 6.45) is 1.69. The van der Waals surface area contributed by atoms with Gasteiger partial charge in [0.1, 0.15) is 0 Å². The summed E-state index contributed by atoms with van der Waals surface area (Å²) < 4.78 is 0. The van der Waals surface area contributed by atoms with Crippen LogP contribution in [0.25, 0.3) is 0 Å². The average Bonchev–Trinajstić information content (AvgIpc) is 2.08. The lowest BCUT2D eigenvalue weighted by molar-refractivity contribution is 0.497. The molecule has 0 aromatic heterocycles. The molecule has 0 spiro atoms. The van der Waals surface area contributed by atoms with Gasteiger partial charge in [-0.3, -0.25) is 0 Å². The Kier molecular flexibility index (Phi) is 1.27. The first-order valence-electron chi connectivity index (χ1n) is 2.92. The molecule has 3 heteroatoms. The van der Waals surface area contributed by atoms with Crippen LogP contribution < -0.4 is 5.43 Å². The topological polar surface area (TPSA) is 38.8 Å². The first-order chi connectivity index (χ1) is 4.11. The largest absolute Gasteiger partial charge is 0.137 e. The second-order valence-corrected chi connectivity index (χ2v) is 3.07. The third-order valence-corrected chi connectivity index (χ3v) is 1.15. The van der Waals surface area contributed by atoms with Gasteiger partial charge in [0.15, 0.2) is 0 Å². The highest BCUT2D eigenvalue weighted by molar-refractivity contribution is 5.08. The molecule has 49 valence electrons. The van der Waals surface area contributed by atoms with Crippen LogP contribution in [0.3, 0.4) is 0 Å². The van der Waals surface area contributed by atoms with Gasteiger partial charge in [-0.2, -0.15) is 0 Å². The lowest BCUT2D eigenvalue weighted by atomic mass is 9.93. The van der Waals surface area contributed by atoms with Gasteiger partial charge in [0, 0.05) is 5.41 Å². The maximum Gasteiger partial charge on any atom is 0.0903 e. The van der Waals surface area contributed by atoms with E-state index in [0.29, 0.717) is 0 Å². The van der Waals surface area contributed by atoms with E-state index >= 15 is 0 Å². The predicted octanol–water partition coefficient (Wildman–Crippen LogP) is 1.86. The Bertz CT molecular complexity index is 162. The van der Waals surface area contributed by atoms with E-state index in [4.69, 9.17) is 0 Å². The van der Waals surface area contributed by atoms with Gasteiger partial charge in [-0.25, -0.2) is 0 Å². The standard InChI is InChI=1S/C6H10N3/c1-6(2,3)5-4-7-9-8-5/h4H,1-3H3. The van der Waals surface area contributed by atoms with Crippen LogP contribution in [0, 0.1) is 5.41 Å². The Morgan fingerprint density at radius 3 is 2.22 bits per heavy atom. The van der Waals surface area contributed by atoms with Gasteiger partial charge >= 0.3 is 0 Å². The van der Waals surface area contributed by atoms with Crippen LogP contribution in [0.4, 0.5) is 0 Å². The highest BCUT2D eigenvalue weighted by Gasteiger charge is 2.19. The van der Waals surface area contributed by atoms with E-state index in [-0.39, 0.29) is 5.41 Å². The van der Waals surface area contributed by atoms with Crippen molar-refractivity contribution in [1.29, 1.82) is 0 Å². The van der Waals surface area contributed by atoms with E-state index < -0.39 is 0 Å². The molecule has 0 amide bonds. The van der Waals surface area contributed by atoms with E-state index in [9.17, 15) is 0 Å².